The van der Waals surface area contributed by atoms with Crippen LogP contribution in [0.1, 0.15) is 78.2 Å². The van der Waals surface area contributed by atoms with Gasteiger partial charge in [0, 0.05) is 0 Å². The molecule has 1 unspecified atom stereocenters. The lowest BCUT2D eigenvalue weighted by atomic mass is 9.96. The highest BCUT2D eigenvalue weighted by Gasteiger charge is 2.33. The van der Waals surface area contributed by atoms with Crippen LogP contribution >= 0.6 is 0 Å². The van der Waals surface area contributed by atoms with Crippen LogP contribution in [0.15, 0.2) is 30.3 Å². The standard InChI is InChI=1S/C16H24O3.C4H10/c1-3-4-5-6-10-13-19-15(17)16(2,18)14-11-8-7-9-12-14;1-3-4-2/h7-9,11-12,18H,3-6,10,13H2,1-2H3;3-4H2,1-2H3. The van der Waals surface area contributed by atoms with Crippen LogP contribution in [0.3, 0.4) is 0 Å². The topological polar surface area (TPSA) is 46.5 Å². The highest BCUT2D eigenvalue weighted by Crippen LogP contribution is 2.21. The smallest absolute Gasteiger partial charge is 0.342 e. The van der Waals surface area contributed by atoms with Crippen LogP contribution in [-0.2, 0) is 15.1 Å². The van der Waals surface area contributed by atoms with Crippen molar-refractivity contribution in [3.63, 3.8) is 0 Å². The van der Waals surface area contributed by atoms with Gasteiger partial charge in [-0.3, -0.25) is 0 Å². The molecule has 0 aromatic heterocycles. The van der Waals surface area contributed by atoms with E-state index < -0.39 is 11.6 Å². The summed E-state index contributed by atoms with van der Waals surface area (Å²) < 4.78 is 5.15. The van der Waals surface area contributed by atoms with E-state index in [1.807, 2.05) is 6.07 Å². The first-order valence-electron chi connectivity index (χ1n) is 8.95. The van der Waals surface area contributed by atoms with E-state index in [4.69, 9.17) is 4.74 Å². The highest BCUT2D eigenvalue weighted by atomic mass is 16.5. The van der Waals surface area contributed by atoms with E-state index in [-0.39, 0.29) is 0 Å². The van der Waals surface area contributed by atoms with E-state index >= 15 is 0 Å². The summed E-state index contributed by atoms with van der Waals surface area (Å²) in [5.41, 5.74) is -1.00. The zero-order valence-corrected chi connectivity index (χ0v) is 15.3. The van der Waals surface area contributed by atoms with Gasteiger partial charge in [-0.05, 0) is 18.9 Å². The Morgan fingerprint density at radius 2 is 1.52 bits per heavy atom. The third-order valence-electron chi connectivity index (χ3n) is 3.71. The van der Waals surface area contributed by atoms with Crippen LogP contribution in [0.4, 0.5) is 0 Å². The summed E-state index contributed by atoms with van der Waals surface area (Å²) in [4.78, 5) is 11.9. The van der Waals surface area contributed by atoms with Gasteiger partial charge in [-0.15, -0.1) is 0 Å². The molecule has 3 heteroatoms. The minimum Gasteiger partial charge on any atom is -0.463 e. The molecule has 0 saturated carbocycles. The number of esters is 1. The third kappa shape index (κ3) is 9.39. The molecule has 0 aliphatic rings. The first-order chi connectivity index (χ1) is 11.0. The fourth-order valence-corrected chi connectivity index (χ4v) is 1.89. The van der Waals surface area contributed by atoms with Crippen LogP contribution < -0.4 is 0 Å². The molecular formula is C20H34O3. The number of unbranched alkanes of at least 4 members (excludes halogenated alkanes) is 5. The molecule has 3 nitrogen and oxygen atoms in total. The van der Waals surface area contributed by atoms with Crippen molar-refractivity contribution in [2.75, 3.05) is 6.61 Å². The van der Waals surface area contributed by atoms with Crippen LogP contribution in [-0.4, -0.2) is 17.7 Å². The van der Waals surface area contributed by atoms with Crippen molar-refractivity contribution in [3.8, 4) is 0 Å². The maximum absolute atomic E-state index is 11.9. The van der Waals surface area contributed by atoms with Gasteiger partial charge in [-0.25, -0.2) is 4.79 Å². The molecule has 0 aliphatic heterocycles. The monoisotopic (exact) mass is 322 g/mol. The van der Waals surface area contributed by atoms with Gasteiger partial charge in [0.1, 0.15) is 0 Å². The summed E-state index contributed by atoms with van der Waals surface area (Å²) in [6, 6.07) is 8.88. The van der Waals surface area contributed by atoms with Crippen LogP contribution in [0.5, 0.6) is 0 Å². The SMILES string of the molecule is CCCC.CCCCCCCOC(=O)C(C)(O)c1ccccc1. The minimum absolute atomic E-state index is 0.380. The molecule has 0 bridgehead atoms. The molecule has 0 heterocycles. The van der Waals surface area contributed by atoms with Crippen LogP contribution in [0, 0.1) is 0 Å². The Hall–Kier alpha value is -1.35. The molecular weight excluding hydrogens is 288 g/mol. The summed E-state index contributed by atoms with van der Waals surface area (Å²) in [5.74, 6) is -0.575. The maximum atomic E-state index is 11.9. The van der Waals surface area contributed by atoms with E-state index in [1.54, 1.807) is 24.3 Å². The second kappa shape index (κ2) is 13.1. The molecule has 0 amide bonds. The molecule has 1 aromatic rings. The number of carbonyl (C=O) groups excluding carboxylic acids is 1. The van der Waals surface area contributed by atoms with Crippen molar-refractivity contribution in [1.82, 2.24) is 0 Å². The van der Waals surface area contributed by atoms with Gasteiger partial charge in [-0.1, -0.05) is 89.6 Å². The fraction of sp³-hybridized carbons (Fsp3) is 0.650. The van der Waals surface area contributed by atoms with Gasteiger partial charge >= 0.3 is 5.97 Å². The summed E-state index contributed by atoms with van der Waals surface area (Å²) in [6.07, 6.45) is 8.15. The van der Waals surface area contributed by atoms with Gasteiger partial charge < -0.3 is 9.84 Å². The first-order valence-corrected chi connectivity index (χ1v) is 8.95. The summed E-state index contributed by atoms with van der Waals surface area (Å²) >= 11 is 0. The zero-order chi connectivity index (χ0) is 17.6. The second-order valence-corrected chi connectivity index (χ2v) is 5.99. The number of carbonyl (C=O) groups is 1. The van der Waals surface area contributed by atoms with Crippen molar-refractivity contribution >= 4 is 5.97 Å². The largest absolute Gasteiger partial charge is 0.463 e. The average molecular weight is 322 g/mol. The molecule has 1 aromatic carbocycles. The van der Waals surface area contributed by atoms with Crippen molar-refractivity contribution < 1.29 is 14.6 Å². The van der Waals surface area contributed by atoms with Gasteiger partial charge in [0.2, 0.25) is 0 Å². The second-order valence-electron chi connectivity index (χ2n) is 5.99. The van der Waals surface area contributed by atoms with E-state index in [1.165, 1.54) is 39.0 Å². The lowest BCUT2D eigenvalue weighted by molar-refractivity contribution is -0.164. The lowest BCUT2D eigenvalue weighted by Gasteiger charge is -2.21. The molecule has 0 radical (unpaired) electrons. The highest BCUT2D eigenvalue weighted by molar-refractivity contribution is 5.80. The van der Waals surface area contributed by atoms with Crippen molar-refractivity contribution in [2.24, 2.45) is 0 Å². The molecule has 1 rings (SSSR count). The van der Waals surface area contributed by atoms with E-state index in [0.29, 0.717) is 12.2 Å². The number of ether oxygens (including phenoxy) is 1. The van der Waals surface area contributed by atoms with E-state index in [9.17, 15) is 9.90 Å². The molecule has 0 spiro atoms. The number of rotatable bonds is 9. The van der Waals surface area contributed by atoms with Gasteiger partial charge in [-0.2, -0.15) is 0 Å². The average Bonchev–Trinajstić information content (AvgIpc) is 2.58. The maximum Gasteiger partial charge on any atom is 0.342 e. The Morgan fingerprint density at radius 1 is 0.957 bits per heavy atom. The van der Waals surface area contributed by atoms with Crippen molar-refractivity contribution in [2.45, 2.75) is 78.2 Å². The normalized spacial score (nSPS) is 12.7. The molecule has 1 atom stereocenters. The summed E-state index contributed by atoms with van der Waals surface area (Å²) in [7, 11) is 0. The molecule has 23 heavy (non-hydrogen) atoms. The molecule has 132 valence electrons. The number of benzene rings is 1. The molecule has 0 fully saturated rings. The fourth-order valence-electron chi connectivity index (χ4n) is 1.89. The molecule has 0 saturated heterocycles. The van der Waals surface area contributed by atoms with E-state index in [0.717, 1.165) is 12.8 Å². The zero-order valence-electron chi connectivity index (χ0n) is 15.3. The molecule has 0 aliphatic carbocycles. The Bertz CT molecular complexity index is 397. The van der Waals surface area contributed by atoms with Gasteiger partial charge in [0.25, 0.3) is 0 Å². The summed E-state index contributed by atoms with van der Waals surface area (Å²) in [6.45, 7) is 8.38. The van der Waals surface area contributed by atoms with E-state index in [2.05, 4.69) is 20.8 Å². The predicted octanol–water partition coefficient (Wildman–Crippen LogP) is 5.21. The van der Waals surface area contributed by atoms with Crippen molar-refractivity contribution in [1.29, 1.82) is 0 Å². The third-order valence-corrected chi connectivity index (χ3v) is 3.71. The number of aliphatic hydroxyl groups is 1. The van der Waals surface area contributed by atoms with Crippen LogP contribution in [0.2, 0.25) is 0 Å². The number of hydrogen-bond donors (Lipinski definition) is 1. The predicted molar refractivity (Wildman–Crippen MR) is 96.3 cm³/mol. The van der Waals surface area contributed by atoms with Crippen molar-refractivity contribution in [3.05, 3.63) is 35.9 Å². The Balaban J connectivity index is 0.00000108. The van der Waals surface area contributed by atoms with Gasteiger partial charge in [0.05, 0.1) is 6.61 Å². The Labute approximate surface area is 142 Å². The van der Waals surface area contributed by atoms with Crippen LogP contribution in [0.25, 0.3) is 0 Å². The Morgan fingerprint density at radius 3 is 2.04 bits per heavy atom. The summed E-state index contributed by atoms with van der Waals surface area (Å²) in [5, 5.41) is 10.2. The molecule has 1 N–H and O–H groups in total. The quantitative estimate of drug-likeness (QED) is 0.501. The Kier molecular flexibility index (Phi) is 12.4. The lowest BCUT2D eigenvalue weighted by Crippen LogP contribution is -2.34. The minimum atomic E-state index is -1.56. The first kappa shape index (κ1) is 21.6. The number of hydrogen-bond acceptors (Lipinski definition) is 3. The van der Waals surface area contributed by atoms with Gasteiger partial charge in [0.15, 0.2) is 5.60 Å².